The first kappa shape index (κ1) is 18.9. The Bertz CT molecular complexity index is 757. The molecular formula is C21H24FN3O2. The van der Waals surface area contributed by atoms with E-state index >= 15 is 0 Å². The van der Waals surface area contributed by atoms with Gasteiger partial charge in [-0.25, -0.2) is 9.18 Å². The zero-order valence-corrected chi connectivity index (χ0v) is 15.2. The van der Waals surface area contributed by atoms with Gasteiger partial charge in [0, 0.05) is 19.6 Å². The quantitative estimate of drug-likeness (QED) is 0.851. The molecule has 142 valence electrons. The third-order valence-corrected chi connectivity index (χ3v) is 4.89. The van der Waals surface area contributed by atoms with Gasteiger partial charge in [-0.1, -0.05) is 42.5 Å². The molecule has 2 N–H and O–H groups in total. The van der Waals surface area contributed by atoms with Crippen LogP contribution in [0.1, 0.15) is 29.9 Å². The standard InChI is InChI=1S/C21H24FN3O2/c22-19-8-6-16(7-9-19)14-23-21(27)24-15-20(26)25-12-10-18(11-13-25)17-4-2-1-3-5-17/h1-9,18H,10-15H2,(H2,23,24,27). The summed E-state index contributed by atoms with van der Waals surface area (Å²) in [5.74, 6) is 0.102. The van der Waals surface area contributed by atoms with E-state index in [1.165, 1.54) is 17.7 Å². The average Bonchev–Trinajstić information content (AvgIpc) is 2.72. The summed E-state index contributed by atoms with van der Waals surface area (Å²) in [6, 6.07) is 15.9. The molecule has 0 aromatic heterocycles. The maximum Gasteiger partial charge on any atom is 0.315 e. The summed E-state index contributed by atoms with van der Waals surface area (Å²) in [5, 5.41) is 5.25. The molecule has 1 heterocycles. The van der Waals surface area contributed by atoms with E-state index in [0.29, 0.717) is 19.0 Å². The van der Waals surface area contributed by atoms with Crippen LogP contribution in [0.3, 0.4) is 0 Å². The van der Waals surface area contributed by atoms with Gasteiger partial charge >= 0.3 is 6.03 Å². The van der Waals surface area contributed by atoms with Crippen LogP contribution in [0, 0.1) is 5.82 Å². The van der Waals surface area contributed by atoms with Crippen LogP contribution in [0.25, 0.3) is 0 Å². The highest BCUT2D eigenvalue weighted by Crippen LogP contribution is 2.27. The second-order valence-electron chi connectivity index (χ2n) is 6.73. The van der Waals surface area contributed by atoms with Crippen LogP contribution >= 0.6 is 0 Å². The number of benzene rings is 2. The second kappa shape index (κ2) is 9.16. The number of halogens is 1. The molecule has 3 rings (SSSR count). The lowest BCUT2D eigenvalue weighted by Crippen LogP contribution is -2.45. The fourth-order valence-corrected chi connectivity index (χ4v) is 3.30. The molecule has 27 heavy (non-hydrogen) atoms. The molecule has 0 radical (unpaired) electrons. The van der Waals surface area contributed by atoms with Crippen LogP contribution in [0.15, 0.2) is 54.6 Å². The molecule has 1 aliphatic rings. The van der Waals surface area contributed by atoms with E-state index in [4.69, 9.17) is 0 Å². The second-order valence-corrected chi connectivity index (χ2v) is 6.73. The van der Waals surface area contributed by atoms with Crippen molar-refractivity contribution in [1.82, 2.24) is 15.5 Å². The number of hydrogen-bond donors (Lipinski definition) is 2. The summed E-state index contributed by atoms with van der Waals surface area (Å²) < 4.78 is 12.9. The van der Waals surface area contributed by atoms with Gasteiger partial charge in [-0.2, -0.15) is 0 Å². The van der Waals surface area contributed by atoms with Crippen molar-refractivity contribution >= 4 is 11.9 Å². The predicted octanol–water partition coefficient (Wildman–Crippen LogP) is 3.03. The van der Waals surface area contributed by atoms with E-state index in [9.17, 15) is 14.0 Å². The summed E-state index contributed by atoms with van der Waals surface area (Å²) in [6.45, 7) is 1.67. The lowest BCUT2D eigenvalue weighted by atomic mass is 9.89. The van der Waals surface area contributed by atoms with Gasteiger partial charge in [-0.15, -0.1) is 0 Å². The summed E-state index contributed by atoms with van der Waals surface area (Å²) >= 11 is 0. The number of carbonyl (C=O) groups is 2. The number of urea groups is 1. The molecule has 5 nitrogen and oxygen atoms in total. The topological polar surface area (TPSA) is 61.4 Å². The molecular weight excluding hydrogens is 345 g/mol. The monoisotopic (exact) mass is 369 g/mol. The van der Waals surface area contributed by atoms with Crippen molar-refractivity contribution in [2.24, 2.45) is 0 Å². The van der Waals surface area contributed by atoms with Crippen molar-refractivity contribution in [3.05, 3.63) is 71.5 Å². The molecule has 3 amide bonds. The lowest BCUT2D eigenvalue weighted by Gasteiger charge is -2.32. The number of nitrogens with one attached hydrogen (secondary N) is 2. The minimum Gasteiger partial charge on any atom is -0.341 e. The normalized spacial score (nSPS) is 14.6. The van der Waals surface area contributed by atoms with Gasteiger partial charge in [0.05, 0.1) is 6.54 Å². The Labute approximate surface area is 158 Å². The zero-order chi connectivity index (χ0) is 19.1. The molecule has 0 spiro atoms. The fraction of sp³-hybridized carbons (Fsp3) is 0.333. The number of hydrogen-bond acceptors (Lipinski definition) is 2. The molecule has 0 atom stereocenters. The maximum absolute atomic E-state index is 12.9. The smallest absolute Gasteiger partial charge is 0.315 e. The first-order valence-electron chi connectivity index (χ1n) is 9.20. The van der Waals surface area contributed by atoms with Crippen LogP contribution in [0.2, 0.25) is 0 Å². The summed E-state index contributed by atoms with van der Waals surface area (Å²) in [7, 11) is 0. The molecule has 2 aromatic carbocycles. The largest absolute Gasteiger partial charge is 0.341 e. The third kappa shape index (κ3) is 5.54. The lowest BCUT2D eigenvalue weighted by molar-refractivity contribution is -0.131. The molecule has 1 fully saturated rings. The number of piperidine rings is 1. The summed E-state index contributed by atoms with van der Waals surface area (Å²) in [6.07, 6.45) is 1.87. The third-order valence-electron chi connectivity index (χ3n) is 4.89. The molecule has 2 aromatic rings. The molecule has 0 saturated carbocycles. The van der Waals surface area contributed by atoms with Gasteiger partial charge < -0.3 is 15.5 Å². The molecule has 1 saturated heterocycles. The van der Waals surface area contributed by atoms with Crippen molar-refractivity contribution in [3.8, 4) is 0 Å². The Balaban J connectivity index is 1.37. The Morgan fingerprint density at radius 3 is 2.30 bits per heavy atom. The van der Waals surface area contributed by atoms with Gasteiger partial charge in [0.2, 0.25) is 5.91 Å². The number of carbonyl (C=O) groups excluding carboxylic acids is 2. The van der Waals surface area contributed by atoms with E-state index in [2.05, 4.69) is 22.8 Å². The maximum atomic E-state index is 12.9. The van der Waals surface area contributed by atoms with Gasteiger partial charge in [0.15, 0.2) is 0 Å². The van der Waals surface area contributed by atoms with Crippen molar-refractivity contribution in [2.45, 2.75) is 25.3 Å². The van der Waals surface area contributed by atoms with Gasteiger partial charge in [0.25, 0.3) is 0 Å². The highest BCUT2D eigenvalue weighted by Gasteiger charge is 2.23. The van der Waals surface area contributed by atoms with Crippen LogP contribution in [-0.2, 0) is 11.3 Å². The molecule has 0 aliphatic carbocycles. The van der Waals surface area contributed by atoms with Crippen molar-refractivity contribution in [2.75, 3.05) is 19.6 Å². The average molecular weight is 369 g/mol. The molecule has 0 bridgehead atoms. The minimum absolute atomic E-state index is 0.0226. The Kier molecular flexibility index (Phi) is 6.41. The number of likely N-dealkylation sites (tertiary alicyclic amines) is 1. The Morgan fingerprint density at radius 1 is 0.963 bits per heavy atom. The van der Waals surface area contributed by atoms with Gasteiger partial charge in [-0.05, 0) is 42.0 Å². The summed E-state index contributed by atoms with van der Waals surface area (Å²) in [4.78, 5) is 25.9. The SMILES string of the molecule is O=C(NCC(=O)N1CCC(c2ccccc2)CC1)NCc1ccc(F)cc1. The van der Waals surface area contributed by atoms with Gasteiger partial charge in [0.1, 0.15) is 5.82 Å². The zero-order valence-electron chi connectivity index (χ0n) is 15.2. The van der Waals surface area contributed by atoms with Gasteiger partial charge in [-0.3, -0.25) is 4.79 Å². The summed E-state index contributed by atoms with van der Waals surface area (Å²) in [5.41, 5.74) is 2.11. The fourth-order valence-electron chi connectivity index (χ4n) is 3.30. The van der Waals surface area contributed by atoms with Crippen molar-refractivity contribution in [3.63, 3.8) is 0 Å². The number of rotatable bonds is 5. The van der Waals surface area contributed by atoms with Crippen LogP contribution < -0.4 is 10.6 Å². The predicted molar refractivity (Wildman–Crippen MR) is 102 cm³/mol. The van der Waals surface area contributed by atoms with Crippen LogP contribution in [0.5, 0.6) is 0 Å². The van der Waals surface area contributed by atoms with Crippen molar-refractivity contribution in [1.29, 1.82) is 0 Å². The molecule has 1 aliphatic heterocycles. The van der Waals surface area contributed by atoms with Crippen LogP contribution in [-0.4, -0.2) is 36.5 Å². The first-order chi connectivity index (χ1) is 13.1. The van der Waals surface area contributed by atoms with Crippen molar-refractivity contribution < 1.29 is 14.0 Å². The Hall–Kier alpha value is -2.89. The molecule has 6 heteroatoms. The van der Waals surface area contributed by atoms with E-state index in [0.717, 1.165) is 18.4 Å². The molecule has 0 unspecified atom stereocenters. The van der Waals surface area contributed by atoms with E-state index in [1.54, 1.807) is 17.0 Å². The Morgan fingerprint density at radius 2 is 1.63 bits per heavy atom. The highest BCUT2D eigenvalue weighted by atomic mass is 19.1. The minimum atomic E-state index is -0.410. The highest BCUT2D eigenvalue weighted by molar-refractivity contribution is 5.84. The van der Waals surface area contributed by atoms with E-state index in [1.807, 2.05) is 18.2 Å². The number of nitrogens with zero attached hydrogens (tertiary/aromatic N) is 1. The number of amides is 3. The first-order valence-corrected chi connectivity index (χ1v) is 9.20. The van der Waals surface area contributed by atoms with Crippen LogP contribution in [0.4, 0.5) is 9.18 Å². The van der Waals surface area contributed by atoms with E-state index in [-0.39, 0.29) is 24.8 Å². The van der Waals surface area contributed by atoms with E-state index < -0.39 is 6.03 Å².